The summed E-state index contributed by atoms with van der Waals surface area (Å²) in [6, 6.07) is 7.39. The highest BCUT2D eigenvalue weighted by molar-refractivity contribution is 7.80. The van der Waals surface area contributed by atoms with Crippen LogP contribution in [0.3, 0.4) is 0 Å². The molecule has 1 atom stereocenters. The molecule has 0 aliphatic heterocycles. The number of unbranched alkanes of at least 4 members (excludes halogenated alkanes) is 2. The number of hydrogen-bond acceptors (Lipinski definition) is 4. The van der Waals surface area contributed by atoms with Crippen LogP contribution in [0.1, 0.15) is 36.5 Å². The van der Waals surface area contributed by atoms with Crippen molar-refractivity contribution >= 4 is 17.2 Å². The van der Waals surface area contributed by atoms with Gasteiger partial charge in [0.2, 0.25) is 0 Å². The Balaban J connectivity index is 2.41. The van der Waals surface area contributed by atoms with Crippen LogP contribution in [0.4, 0.5) is 0 Å². The molecule has 0 radical (unpaired) electrons. The highest BCUT2D eigenvalue weighted by atomic mass is 32.1. The molecule has 5 heteroatoms. The van der Waals surface area contributed by atoms with Crippen molar-refractivity contribution < 1.29 is 10.2 Å². The van der Waals surface area contributed by atoms with Crippen molar-refractivity contribution in [2.75, 3.05) is 26.7 Å². The van der Waals surface area contributed by atoms with Crippen molar-refractivity contribution in [1.82, 2.24) is 4.90 Å². The van der Waals surface area contributed by atoms with Crippen LogP contribution in [0, 0.1) is 0 Å². The van der Waals surface area contributed by atoms with Gasteiger partial charge in [0.15, 0.2) is 0 Å². The summed E-state index contributed by atoms with van der Waals surface area (Å²) in [7, 11) is 1.99. The van der Waals surface area contributed by atoms with E-state index in [1.807, 2.05) is 31.3 Å². The number of benzene rings is 1. The number of thiocarbonyl (C=S) groups is 1. The number of nitrogens with zero attached hydrogens (tertiary/aromatic N) is 1. The van der Waals surface area contributed by atoms with Gasteiger partial charge in [-0.15, -0.1) is 0 Å². The molecule has 1 aromatic carbocycles. The fourth-order valence-corrected chi connectivity index (χ4v) is 2.17. The Labute approximate surface area is 126 Å². The second-order valence-corrected chi connectivity index (χ2v) is 5.49. The van der Waals surface area contributed by atoms with Gasteiger partial charge in [-0.2, -0.15) is 0 Å². The Kier molecular flexibility index (Phi) is 7.69. The fourth-order valence-electron chi connectivity index (χ4n) is 2.03. The van der Waals surface area contributed by atoms with E-state index in [1.54, 1.807) is 0 Å². The average Bonchev–Trinajstić information content (AvgIpc) is 2.43. The van der Waals surface area contributed by atoms with Gasteiger partial charge in [-0.25, -0.2) is 0 Å². The minimum atomic E-state index is -0.516. The van der Waals surface area contributed by atoms with Crippen LogP contribution in [0.2, 0.25) is 0 Å². The second-order valence-electron chi connectivity index (χ2n) is 5.05. The first-order valence-electron chi connectivity index (χ1n) is 6.92. The summed E-state index contributed by atoms with van der Waals surface area (Å²) in [5, 5.41) is 18.9. The van der Waals surface area contributed by atoms with Crippen LogP contribution in [0.5, 0.6) is 0 Å². The molecule has 0 bridgehead atoms. The molecule has 4 nitrogen and oxygen atoms in total. The van der Waals surface area contributed by atoms with Crippen molar-refractivity contribution in [2.45, 2.75) is 25.4 Å². The molecule has 112 valence electrons. The smallest absolute Gasteiger partial charge is 0.103 e. The van der Waals surface area contributed by atoms with Crippen LogP contribution >= 0.6 is 12.2 Å². The summed E-state index contributed by atoms with van der Waals surface area (Å²) in [5.74, 6) is 0. The van der Waals surface area contributed by atoms with Crippen molar-refractivity contribution in [3.8, 4) is 0 Å². The van der Waals surface area contributed by atoms with E-state index in [9.17, 15) is 5.11 Å². The van der Waals surface area contributed by atoms with Crippen molar-refractivity contribution in [3.63, 3.8) is 0 Å². The molecule has 1 aromatic rings. The summed E-state index contributed by atoms with van der Waals surface area (Å²) < 4.78 is 0. The lowest BCUT2D eigenvalue weighted by Crippen LogP contribution is -2.25. The monoisotopic (exact) mass is 296 g/mol. The van der Waals surface area contributed by atoms with Gasteiger partial charge in [0.05, 0.1) is 6.10 Å². The third-order valence-electron chi connectivity index (χ3n) is 3.26. The molecule has 4 N–H and O–H groups in total. The van der Waals surface area contributed by atoms with E-state index in [4.69, 9.17) is 23.1 Å². The van der Waals surface area contributed by atoms with Gasteiger partial charge in [0.1, 0.15) is 4.99 Å². The zero-order valence-corrected chi connectivity index (χ0v) is 12.8. The number of likely N-dealkylation sites (N-methyl/N-ethyl adjacent to an activating group) is 1. The van der Waals surface area contributed by atoms with Gasteiger partial charge in [0, 0.05) is 18.7 Å². The molecule has 0 heterocycles. The highest BCUT2D eigenvalue weighted by Gasteiger charge is 2.10. The van der Waals surface area contributed by atoms with E-state index in [0.717, 1.165) is 36.9 Å². The maximum atomic E-state index is 10.2. The van der Waals surface area contributed by atoms with Crippen molar-refractivity contribution in [2.24, 2.45) is 5.73 Å². The minimum absolute atomic E-state index is 0.252. The molecule has 0 saturated heterocycles. The molecule has 0 aromatic heterocycles. The molecule has 1 rings (SSSR count). The second kappa shape index (κ2) is 9.02. The molecular formula is C15H24N2O2S. The maximum Gasteiger partial charge on any atom is 0.103 e. The van der Waals surface area contributed by atoms with Gasteiger partial charge in [-0.3, -0.25) is 0 Å². The molecule has 0 amide bonds. The molecule has 0 aliphatic rings. The van der Waals surface area contributed by atoms with E-state index in [2.05, 4.69) is 4.90 Å². The predicted molar refractivity (Wildman–Crippen MR) is 85.7 cm³/mol. The third-order valence-corrected chi connectivity index (χ3v) is 3.50. The number of aliphatic hydroxyl groups is 2. The van der Waals surface area contributed by atoms with Gasteiger partial charge in [-0.05, 0) is 38.4 Å². The van der Waals surface area contributed by atoms with Crippen LogP contribution < -0.4 is 5.73 Å². The number of nitrogens with two attached hydrogens (primary N) is 1. The normalized spacial score (nSPS) is 12.6. The molecular weight excluding hydrogens is 272 g/mol. The zero-order valence-electron chi connectivity index (χ0n) is 12.0. The SMILES string of the molecule is CN(CCCCCO)CC(O)c1ccc(C(N)=S)cc1. The van der Waals surface area contributed by atoms with E-state index >= 15 is 0 Å². The predicted octanol–water partition coefficient (Wildman–Crippen LogP) is 1.45. The molecule has 20 heavy (non-hydrogen) atoms. The van der Waals surface area contributed by atoms with Crippen molar-refractivity contribution in [3.05, 3.63) is 35.4 Å². The van der Waals surface area contributed by atoms with E-state index in [-0.39, 0.29) is 6.61 Å². The van der Waals surface area contributed by atoms with Gasteiger partial charge >= 0.3 is 0 Å². The van der Waals surface area contributed by atoms with E-state index < -0.39 is 6.10 Å². The molecule has 0 spiro atoms. The lowest BCUT2D eigenvalue weighted by Gasteiger charge is -2.20. The fraction of sp³-hybridized carbons (Fsp3) is 0.533. The molecule has 0 aliphatic carbocycles. The first-order valence-corrected chi connectivity index (χ1v) is 7.32. The summed E-state index contributed by atoms with van der Waals surface area (Å²) in [6.45, 7) is 1.76. The summed E-state index contributed by atoms with van der Waals surface area (Å²) >= 11 is 4.90. The minimum Gasteiger partial charge on any atom is -0.396 e. The van der Waals surface area contributed by atoms with Gasteiger partial charge < -0.3 is 20.8 Å². The summed E-state index contributed by atoms with van der Waals surface area (Å²) in [6.07, 6.45) is 2.37. The van der Waals surface area contributed by atoms with E-state index in [0.29, 0.717) is 11.5 Å². The molecule has 0 saturated carbocycles. The van der Waals surface area contributed by atoms with Crippen LogP contribution in [0.15, 0.2) is 24.3 Å². The zero-order chi connectivity index (χ0) is 15.0. The van der Waals surface area contributed by atoms with E-state index in [1.165, 1.54) is 0 Å². The Morgan fingerprint density at radius 3 is 2.45 bits per heavy atom. The number of rotatable bonds is 9. The van der Waals surface area contributed by atoms with Crippen molar-refractivity contribution in [1.29, 1.82) is 0 Å². The standard InChI is InChI=1S/C15H24N2O2S/c1-17(9-3-2-4-10-18)11-14(19)12-5-7-13(8-6-12)15(16)20/h5-8,14,18-19H,2-4,9-11H2,1H3,(H2,16,20). The van der Waals surface area contributed by atoms with Gasteiger partial charge in [-0.1, -0.05) is 36.5 Å². The first-order chi connectivity index (χ1) is 9.54. The Hall–Kier alpha value is -1.01. The highest BCUT2D eigenvalue weighted by Crippen LogP contribution is 2.15. The molecule has 1 unspecified atom stereocenters. The first kappa shape index (κ1) is 17.0. The van der Waals surface area contributed by atoms with Crippen LogP contribution in [0.25, 0.3) is 0 Å². The number of aliphatic hydroxyl groups excluding tert-OH is 2. The third kappa shape index (κ3) is 5.96. The lowest BCUT2D eigenvalue weighted by molar-refractivity contribution is 0.125. The topological polar surface area (TPSA) is 69.7 Å². The summed E-state index contributed by atoms with van der Waals surface area (Å²) in [5.41, 5.74) is 7.22. The maximum absolute atomic E-state index is 10.2. The Morgan fingerprint density at radius 1 is 1.25 bits per heavy atom. The Bertz CT molecular complexity index is 409. The lowest BCUT2D eigenvalue weighted by atomic mass is 10.1. The average molecular weight is 296 g/mol. The largest absolute Gasteiger partial charge is 0.396 e. The summed E-state index contributed by atoms with van der Waals surface area (Å²) in [4.78, 5) is 2.47. The van der Waals surface area contributed by atoms with Crippen LogP contribution in [-0.4, -0.2) is 46.8 Å². The Morgan fingerprint density at radius 2 is 1.90 bits per heavy atom. The van der Waals surface area contributed by atoms with Gasteiger partial charge in [0.25, 0.3) is 0 Å². The number of hydrogen-bond donors (Lipinski definition) is 3. The molecule has 0 fully saturated rings. The van der Waals surface area contributed by atoms with Crippen LogP contribution in [-0.2, 0) is 0 Å². The quantitative estimate of drug-likeness (QED) is 0.475.